The minimum Gasteiger partial charge on any atom is -1.00 e. The molecule has 0 atom stereocenters. The molecule has 0 aromatic heterocycles. The van der Waals surface area contributed by atoms with Crippen LogP contribution in [0.1, 0.15) is 0 Å². The maximum absolute atomic E-state index is 11.9. The van der Waals surface area contributed by atoms with Crippen LogP contribution in [0.15, 0.2) is 47.4 Å². The Hall–Kier alpha value is -1.06. The van der Waals surface area contributed by atoms with Crippen LogP contribution in [0.5, 0.6) is 5.75 Å². The summed E-state index contributed by atoms with van der Waals surface area (Å²) in [6, 6.07) is 11.1. The van der Waals surface area contributed by atoms with E-state index in [1.807, 2.05) is 0 Å². The summed E-state index contributed by atoms with van der Waals surface area (Å²) in [6.07, 6.45) is 0. The number of non-ortho nitro benzene ring substituents is 1. The number of nitrogens with zero attached hydrogens (tertiary/aromatic N) is 1. The summed E-state index contributed by atoms with van der Waals surface area (Å²) in [7, 11) is -4.02. The van der Waals surface area contributed by atoms with Crippen molar-refractivity contribution < 1.29 is 29.9 Å². The van der Waals surface area contributed by atoms with Gasteiger partial charge in [-0.3, -0.25) is 10.1 Å². The molecule has 0 aliphatic carbocycles. The molecule has 112 valence electrons. The average molecular weight is 372 g/mol. The van der Waals surface area contributed by atoms with E-state index in [2.05, 4.69) is 6.07 Å². The van der Waals surface area contributed by atoms with Crippen molar-refractivity contribution in [3.8, 4) is 5.75 Å². The van der Waals surface area contributed by atoms with Crippen LogP contribution in [-0.4, -0.2) is 36.4 Å². The van der Waals surface area contributed by atoms with Crippen molar-refractivity contribution in [3.05, 3.63) is 63.7 Å². The fourth-order valence-corrected chi connectivity index (χ4v) is 2.37. The molecule has 0 unspecified atom stereocenters. The molecule has 22 heavy (non-hydrogen) atoms. The number of rotatable bonds is 4. The van der Waals surface area contributed by atoms with Crippen LogP contribution in [0.25, 0.3) is 0 Å². The third-order valence-electron chi connectivity index (χ3n) is 2.28. The quantitative estimate of drug-likeness (QED) is 0.236. The number of hydrogen-bond donors (Lipinski definition) is 0. The smallest absolute Gasteiger partial charge is 1.00 e. The predicted molar refractivity (Wildman–Crippen MR) is 77.0 cm³/mol. The molecule has 0 bridgehead atoms. The summed E-state index contributed by atoms with van der Waals surface area (Å²) in [6.45, 7) is 0. The maximum atomic E-state index is 11.9. The molecule has 0 saturated heterocycles. The Morgan fingerprint density at radius 3 is 2.18 bits per heavy atom. The Labute approximate surface area is 154 Å². The van der Waals surface area contributed by atoms with Gasteiger partial charge in [0.05, 0.1) is 0 Å². The molecular formula is C12H7Cl2MgNO5S. The molecule has 0 N–H and O–H groups in total. The zero-order valence-electron chi connectivity index (χ0n) is 10.9. The Bertz CT molecular complexity index is 735. The van der Waals surface area contributed by atoms with Gasteiger partial charge in [-0.25, -0.2) is 0 Å². The summed E-state index contributed by atoms with van der Waals surface area (Å²) in [5.41, 5.74) is -0.207. The Balaban J connectivity index is 0.00000220. The van der Waals surface area contributed by atoms with Crippen LogP contribution in [0.4, 0.5) is 5.69 Å². The molecule has 0 fully saturated rings. The third kappa shape index (κ3) is 5.29. The average Bonchev–Trinajstić information content (AvgIpc) is 2.39. The molecule has 2 rings (SSSR count). The second kappa shape index (κ2) is 8.54. The van der Waals surface area contributed by atoms with Crippen LogP contribution in [0.2, 0.25) is 5.02 Å². The number of nitro benzene ring substituents is 1. The van der Waals surface area contributed by atoms with Gasteiger partial charge in [0.25, 0.3) is 0 Å². The molecule has 2 aromatic carbocycles. The van der Waals surface area contributed by atoms with Crippen LogP contribution < -0.4 is 16.6 Å². The third-order valence-corrected chi connectivity index (χ3v) is 3.78. The van der Waals surface area contributed by atoms with E-state index < -0.39 is 15.0 Å². The molecule has 0 radical (unpaired) electrons. The monoisotopic (exact) mass is 371 g/mol. The molecule has 0 aliphatic rings. The van der Waals surface area contributed by atoms with Crippen molar-refractivity contribution in [2.45, 2.75) is 4.90 Å². The van der Waals surface area contributed by atoms with Crippen molar-refractivity contribution in [3.63, 3.8) is 0 Å². The summed E-state index contributed by atoms with van der Waals surface area (Å²) in [4.78, 5) is 9.77. The Morgan fingerprint density at radius 1 is 1.14 bits per heavy atom. The summed E-state index contributed by atoms with van der Waals surface area (Å²) >= 11 is 5.66. The van der Waals surface area contributed by atoms with Crippen LogP contribution in [0.3, 0.4) is 0 Å². The standard InChI is InChI=1S/C12H7ClNO5S.ClH.Mg/c13-9-1-7-12(8-2-9)20(17,18)19-11-5-3-10(4-6-11)14(15)16;;/h1-5,7-8H;1H;/q-1;;+2/p-1. The van der Waals surface area contributed by atoms with Gasteiger partial charge in [0, 0.05) is 15.7 Å². The van der Waals surface area contributed by atoms with Gasteiger partial charge in [-0.05, 0) is 24.3 Å². The van der Waals surface area contributed by atoms with E-state index in [0.717, 1.165) is 18.2 Å². The number of hydrogen-bond acceptors (Lipinski definition) is 5. The molecule has 10 heteroatoms. The van der Waals surface area contributed by atoms with E-state index in [1.54, 1.807) is 0 Å². The molecule has 0 aliphatic heterocycles. The molecule has 0 saturated carbocycles. The van der Waals surface area contributed by atoms with Crippen molar-refractivity contribution >= 4 is 50.5 Å². The first-order valence-electron chi connectivity index (χ1n) is 5.25. The first-order valence-corrected chi connectivity index (χ1v) is 7.03. The molecule has 0 amide bonds. The van der Waals surface area contributed by atoms with Gasteiger partial charge in [0.1, 0.15) is 4.90 Å². The van der Waals surface area contributed by atoms with E-state index >= 15 is 0 Å². The van der Waals surface area contributed by atoms with E-state index in [0.29, 0.717) is 5.02 Å². The molecular weight excluding hydrogens is 365 g/mol. The zero-order chi connectivity index (χ0) is 14.8. The second-order valence-corrected chi connectivity index (χ2v) is 5.64. The van der Waals surface area contributed by atoms with Gasteiger partial charge in [-0.1, -0.05) is 23.7 Å². The SMILES string of the molecule is O=[N+]([O-])c1c[c-]c(OS(=O)(=O)c2ccc(Cl)cc2)cc1.[Cl-].[Mg+2]. The van der Waals surface area contributed by atoms with E-state index in [9.17, 15) is 18.5 Å². The van der Waals surface area contributed by atoms with Crippen molar-refractivity contribution in [1.82, 2.24) is 0 Å². The first kappa shape index (κ1) is 20.9. The Morgan fingerprint density at radius 2 is 1.73 bits per heavy atom. The van der Waals surface area contributed by atoms with Gasteiger partial charge in [-0.15, -0.1) is 12.1 Å². The van der Waals surface area contributed by atoms with Crippen molar-refractivity contribution in [2.24, 2.45) is 0 Å². The van der Waals surface area contributed by atoms with E-state index in [1.165, 1.54) is 24.3 Å². The molecule has 6 nitrogen and oxygen atoms in total. The maximum Gasteiger partial charge on any atom is 2.00 e. The van der Waals surface area contributed by atoms with Crippen molar-refractivity contribution in [1.29, 1.82) is 0 Å². The van der Waals surface area contributed by atoms with Crippen LogP contribution in [0, 0.1) is 16.2 Å². The minimum atomic E-state index is -4.02. The van der Waals surface area contributed by atoms with Gasteiger partial charge in [-0.2, -0.15) is 8.42 Å². The zero-order valence-corrected chi connectivity index (χ0v) is 14.6. The minimum absolute atomic E-state index is 0. The van der Waals surface area contributed by atoms with Gasteiger partial charge < -0.3 is 16.6 Å². The molecule has 0 spiro atoms. The topological polar surface area (TPSA) is 86.5 Å². The van der Waals surface area contributed by atoms with Crippen LogP contribution in [-0.2, 0) is 10.1 Å². The normalized spacial score (nSPS) is 10.0. The molecule has 0 heterocycles. The molecule has 2 aromatic rings. The summed E-state index contributed by atoms with van der Waals surface area (Å²) in [5, 5.41) is 10.9. The summed E-state index contributed by atoms with van der Waals surface area (Å²) in [5.74, 6) is -0.134. The fraction of sp³-hybridized carbons (Fsp3) is 0. The number of halogens is 2. The van der Waals surface area contributed by atoms with E-state index in [4.69, 9.17) is 15.8 Å². The first-order chi connectivity index (χ1) is 9.38. The summed E-state index contributed by atoms with van der Waals surface area (Å²) < 4.78 is 28.6. The number of nitro groups is 1. The second-order valence-electron chi connectivity index (χ2n) is 3.66. The van der Waals surface area contributed by atoms with Crippen LogP contribution >= 0.6 is 11.6 Å². The van der Waals surface area contributed by atoms with Crippen molar-refractivity contribution in [2.75, 3.05) is 0 Å². The predicted octanol–water partition coefficient (Wildman–Crippen LogP) is -0.561. The van der Waals surface area contributed by atoms with Gasteiger partial charge in [0.15, 0.2) is 5.69 Å². The van der Waals surface area contributed by atoms with Gasteiger partial charge in [0.2, 0.25) is 0 Å². The van der Waals surface area contributed by atoms with E-state index in [-0.39, 0.29) is 51.8 Å². The number of benzene rings is 2. The largest absolute Gasteiger partial charge is 2.00 e. The Kier molecular flexibility index (Phi) is 8.12. The van der Waals surface area contributed by atoms with Gasteiger partial charge >= 0.3 is 33.2 Å². The fourth-order valence-electron chi connectivity index (χ4n) is 1.34.